The van der Waals surface area contributed by atoms with Crippen LogP contribution in [0, 0.1) is 0 Å². The Balaban J connectivity index is 2.03. The van der Waals surface area contributed by atoms with E-state index in [1.807, 2.05) is 36.0 Å². The minimum absolute atomic E-state index is 0.510. The number of rotatable bonds is 2. The topological polar surface area (TPSA) is 24.4 Å². The molecule has 17 heavy (non-hydrogen) atoms. The number of thioether (sulfide) groups is 1. The summed E-state index contributed by atoms with van der Waals surface area (Å²) in [6.07, 6.45) is 1.19. The summed E-state index contributed by atoms with van der Waals surface area (Å²) >= 11 is 7.91. The van der Waals surface area contributed by atoms with Gasteiger partial charge in [-0.15, -0.1) is 0 Å². The lowest BCUT2D eigenvalue weighted by Gasteiger charge is -2.26. The molecular formula is C13H17ClN2S. The fourth-order valence-corrected chi connectivity index (χ4v) is 3.28. The molecule has 2 nitrogen and oxygen atoms in total. The van der Waals surface area contributed by atoms with E-state index >= 15 is 0 Å². The highest BCUT2D eigenvalue weighted by Gasteiger charge is 2.19. The van der Waals surface area contributed by atoms with Crippen LogP contribution >= 0.6 is 23.4 Å². The Bertz CT molecular complexity index is 408. The van der Waals surface area contributed by atoms with Gasteiger partial charge >= 0.3 is 0 Å². The summed E-state index contributed by atoms with van der Waals surface area (Å²) < 4.78 is 0. The smallest absolute Gasteiger partial charge is 0.157 e. The van der Waals surface area contributed by atoms with Crippen molar-refractivity contribution in [3.8, 4) is 0 Å². The van der Waals surface area contributed by atoms with Crippen LogP contribution in [0.3, 0.4) is 0 Å². The van der Waals surface area contributed by atoms with Gasteiger partial charge in [0.15, 0.2) is 5.17 Å². The van der Waals surface area contributed by atoms with Crippen molar-refractivity contribution in [2.45, 2.75) is 38.1 Å². The third kappa shape index (κ3) is 3.65. The molecule has 0 spiro atoms. The molecule has 1 saturated heterocycles. The van der Waals surface area contributed by atoms with Gasteiger partial charge in [0.2, 0.25) is 0 Å². The summed E-state index contributed by atoms with van der Waals surface area (Å²) in [7, 11) is 0. The molecule has 0 radical (unpaired) electrons. The van der Waals surface area contributed by atoms with Gasteiger partial charge in [0, 0.05) is 16.3 Å². The number of hydrogen-bond acceptors (Lipinski definition) is 2. The zero-order valence-electron chi connectivity index (χ0n) is 10.1. The van der Waals surface area contributed by atoms with Crippen LogP contribution in [-0.2, 0) is 6.54 Å². The van der Waals surface area contributed by atoms with E-state index in [1.165, 1.54) is 6.42 Å². The first-order valence-corrected chi connectivity index (χ1v) is 7.12. The maximum absolute atomic E-state index is 6.10. The highest BCUT2D eigenvalue weighted by atomic mass is 35.5. The van der Waals surface area contributed by atoms with Crippen LogP contribution in [0.1, 0.15) is 25.8 Å². The minimum atomic E-state index is 0.510. The normalized spacial score (nSPS) is 26.9. The molecule has 0 saturated carbocycles. The monoisotopic (exact) mass is 268 g/mol. The van der Waals surface area contributed by atoms with Gasteiger partial charge in [-0.05, 0) is 25.0 Å². The van der Waals surface area contributed by atoms with Crippen LogP contribution in [0.5, 0.6) is 0 Å². The Labute approximate surface area is 112 Å². The van der Waals surface area contributed by atoms with E-state index in [1.54, 1.807) is 0 Å². The van der Waals surface area contributed by atoms with Crippen LogP contribution in [0.2, 0.25) is 5.02 Å². The fraction of sp³-hybridized carbons (Fsp3) is 0.462. The Kier molecular flexibility index (Phi) is 4.35. The van der Waals surface area contributed by atoms with Crippen molar-refractivity contribution in [1.29, 1.82) is 0 Å². The van der Waals surface area contributed by atoms with Crippen molar-refractivity contribution in [3.05, 3.63) is 34.9 Å². The molecule has 1 N–H and O–H groups in total. The SMILES string of the molecule is CC1CC(C)SC(=NCc2ccccc2Cl)N1. The predicted octanol–water partition coefficient (Wildman–Crippen LogP) is 3.70. The van der Waals surface area contributed by atoms with Crippen molar-refractivity contribution in [1.82, 2.24) is 5.32 Å². The number of hydrogen-bond donors (Lipinski definition) is 1. The zero-order chi connectivity index (χ0) is 12.3. The molecular weight excluding hydrogens is 252 g/mol. The van der Waals surface area contributed by atoms with Crippen molar-refractivity contribution >= 4 is 28.5 Å². The number of benzene rings is 1. The van der Waals surface area contributed by atoms with Crippen molar-refractivity contribution < 1.29 is 0 Å². The van der Waals surface area contributed by atoms with Crippen LogP contribution in [0.15, 0.2) is 29.3 Å². The molecule has 2 rings (SSSR count). The van der Waals surface area contributed by atoms with E-state index in [0.29, 0.717) is 17.8 Å². The maximum Gasteiger partial charge on any atom is 0.157 e. The molecule has 4 heteroatoms. The second kappa shape index (κ2) is 5.78. The van der Waals surface area contributed by atoms with E-state index in [9.17, 15) is 0 Å². The second-order valence-corrected chi connectivity index (χ2v) is 6.26. The maximum atomic E-state index is 6.10. The third-order valence-electron chi connectivity index (χ3n) is 2.72. The van der Waals surface area contributed by atoms with Gasteiger partial charge in [-0.1, -0.05) is 48.5 Å². The van der Waals surface area contributed by atoms with E-state index in [-0.39, 0.29) is 0 Å². The van der Waals surface area contributed by atoms with Crippen LogP contribution < -0.4 is 5.32 Å². The molecule has 0 aromatic heterocycles. The summed E-state index contributed by atoms with van der Waals surface area (Å²) in [6, 6.07) is 8.37. The van der Waals surface area contributed by atoms with Crippen molar-refractivity contribution in [3.63, 3.8) is 0 Å². The van der Waals surface area contributed by atoms with Crippen molar-refractivity contribution in [2.75, 3.05) is 0 Å². The average molecular weight is 269 g/mol. The first kappa shape index (κ1) is 12.8. The molecule has 2 unspecified atom stereocenters. The minimum Gasteiger partial charge on any atom is -0.362 e. The molecule has 0 amide bonds. The summed E-state index contributed by atoms with van der Waals surface area (Å²) in [6.45, 7) is 5.09. The first-order chi connectivity index (χ1) is 8.15. The van der Waals surface area contributed by atoms with Gasteiger partial charge in [0.05, 0.1) is 6.54 Å². The largest absolute Gasteiger partial charge is 0.362 e. The molecule has 1 aromatic rings. The van der Waals surface area contributed by atoms with Gasteiger partial charge in [0.25, 0.3) is 0 Å². The molecule has 1 fully saturated rings. The summed E-state index contributed by atoms with van der Waals surface area (Å²) in [5.74, 6) is 0. The van der Waals surface area contributed by atoms with E-state index in [2.05, 4.69) is 24.2 Å². The zero-order valence-corrected chi connectivity index (χ0v) is 11.7. The Morgan fingerprint density at radius 3 is 2.88 bits per heavy atom. The number of nitrogens with zero attached hydrogens (tertiary/aromatic N) is 1. The standard InChI is InChI=1S/C13H17ClN2S/c1-9-7-10(2)17-13(16-9)15-8-11-5-3-4-6-12(11)14/h3-6,9-10H,7-8H2,1-2H3,(H,15,16). The molecule has 0 aliphatic carbocycles. The fourth-order valence-electron chi connectivity index (χ4n) is 1.91. The molecule has 1 aliphatic heterocycles. The third-order valence-corrected chi connectivity index (χ3v) is 4.15. The highest BCUT2D eigenvalue weighted by molar-refractivity contribution is 8.14. The average Bonchev–Trinajstić information content (AvgIpc) is 2.27. The lowest BCUT2D eigenvalue weighted by Crippen LogP contribution is -2.38. The Morgan fingerprint density at radius 2 is 2.18 bits per heavy atom. The highest BCUT2D eigenvalue weighted by Crippen LogP contribution is 2.23. The number of aliphatic imine (C=N–C) groups is 1. The quantitative estimate of drug-likeness (QED) is 0.885. The van der Waals surface area contributed by atoms with E-state index in [4.69, 9.17) is 11.6 Å². The van der Waals surface area contributed by atoms with E-state index in [0.717, 1.165) is 15.8 Å². The molecule has 1 aromatic carbocycles. The van der Waals surface area contributed by atoms with Gasteiger partial charge < -0.3 is 5.32 Å². The number of halogens is 1. The van der Waals surface area contributed by atoms with E-state index < -0.39 is 0 Å². The van der Waals surface area contributed by atoms with Gasteiger partial charge in [0.1, 0.15) is 0 Å². The first-order valence-electron chi connectivity index (χ1n) is 5.86. The molecule has 0 bridgehead atoms. The lowest BCUT2D eigenvalue weighted by atomic mass is 10.2. The molecule has 92 valence electrons. The summed E-state index contributed by atoms with van der Waals surface area (Å²) in [5.41, 5.74) is 1.08. The lowest BCUT2D eigenvalue weighted by molar-refractivity contribution is 0.597. The number of amidine groups is 1. The predicted molar refractivity (Wildman–Crippen MR) is 76.9 cm³/mol. The van der Waals surface area contributed by atoms with Gasteiger partial charge in [-0.25, -0.2) is 0 Å². The molecule has 1 aliphatic rings. The molecule has 2 atom stereocenters. The second-order valence-electron chi connectivity index (χ2n) is 4.42. The van der Waals surface area contributed by atoms with Crippen LogP contribution in [-0.4, -0.2) is 16.5 Å². The molecule has 1 heterocycles. The van der Waals surface area contributed by atoms with Crippen molar-refractivity contribution in [2.24, 2.45) is 4.99 Å². The summed E-state index contributed by atoms with van der Waals surface area (Å²) in [5, 5.41) is 5.87. The van der Waals surface area contributed by atoms with Gasteiger partial charge in [-0.3, -0.25) is 4.99 Å². The summed E-state index contributed by atoms with van der Waals surface area (Å²) in [4.78, 5) is 4.60. The van der Waals surface area contributed by atoms with Crippen LogP contribution in [0.25, 0.3) is 0 Å². The van der Waals surface area contributed by atoms with Crippen LogP contribution in [0.4, 0.5) is 0 Å². The Hall–Kier alpha value is -0.670. The Morgan fingerprint density at radius 1 is 1.41 bits per heavy atom. The number of nitrogens with one attached hydrogen (secondary N) is 1. The van der Waals surface area contributed by atoms with Gasteiger partial charge in [-0.2, -0.15) is 0 Å².